The minimum absolute atomic E-state index is 0.136. The summed E-state index contributed by atoms with van der Waals surface area (Å²) in [5, 5.41) is 5.87. The quantitative estimate of drug-likeness (QED) is 0.765. The van der Waals surface area contributed by atoms with Gasteiger partial charge in [0.05, 0.1) is 13.2 Å². The van der Waals surface area contributed by atoms with Crippen LogP contribution in [0.1, 0.15) is 30.6 Å². The number of methoxy groups -OCH3 is 1. The van der Waals surface area contributed by atoms with Gasteiger partial charge in [-0.1, -0.05) is 13.0 Å². The first-order valence-corrected chi connectivity index (χ1v) is 8.45. The third kappa shape index (κ3) is 5.76. The van der Waals surface area contributed by atoms with Crippen LogP contribution in [0.5, 0.6) is 11.5 Å². The van der Waals surface area contributed by atoms with Crippen molar-refractivity contribution in [2.45, 2.75) is 26.4 Å². The number of carbonyl (C=O) groups is 1. The van der Waals surface area contributed by atoms with Crippen LogP contribution < -0.4 is 20.1 Å². The first kappa shape index (κ1) is 18.7. The number of thiocarbonyl (C=S) groups is 1. The van der Waals surface area contributed by atoms with Crippen molar-refractivity contribution in [3.63, 3.8) is 0 Å². The number of hydrogen-bond donors (Lipinski definition) is 2. The molecular formula is C19H22N2O3S. The lowest BCUT2D eigenvalue weighted by atomic mass is 10.2. The van der Waals surface area contributed by atoms with E-state index in [1.807, 2.05) is 31.2 Å². The van der Waals surface area contributed by atoms with Crippen LogP contribution >= 0.6 is 12.2 Å². The van der Waals surface area contributed by atoms with Crippen molar-refractivity contribution in [1.29, 1.82) is 0 Å². The van der Waals surface area contributed by atoms with Crippen LogP contribution in [0, 0.1) is 0 Å². The van der Waals surface area contributed by atoms with E-state index in [1.165, 1.54) is 0 Å². The second-order valence-electron chi connectivity index (χ2n) is 5.50. The normalized spacial score (nSPS) is 11.3. The summed E-state index contributed by atoms with van der Waals surface area (Å²) in [5.41, 5.74) is 1.25. The Morgan fingerprint density at radius 1 is 1.16 bits per heavy atom. The van der Waals surface area contributed by atoms with E-state index in [0.29, 0.717) is 11.3 Å². The van der Waals surface area contributed by atoms with E-state index in [-0.39, 0.29) is 17.1 Å². The molecule has 0 aliphatic heterocycles. The number of benzene rings is 2. The summed E-state index contributed by atoms with van der Waals surface area (Å²) in [4.78, 5) is 12.2. The van der Waals surface area contributed by atoms with Crippen molar-refractivity contribution < 1.29 is 14.3 Å². The third-order valence-electron chi connectivity index (χ3n) is 3.58. The third-order valence-corrected chi connectivity index (χ3v) is 3.79. The second-order valence-corrected chi connectivity index (χ2v) is 5.91. The summed E-state index contributed by atoms with van der Waals surface area (Å²) in [6.45, 7) is 4.08. The predicted octanol–water partition coefficient (Wildman–Crippen LogP) is 4.00. The molecule has 25 heavy (non-hydrogen) atoms. The first-order valence-electron chi connectivity index (χ1n) is 8.05. The highest BCUT2D eigenvalue weighted by Gasteiger charge is 2.09. The Kier molecular flexibility index (Phi) is 6.77. The largest absolute Gasteiger partial charge is 0.497 e. The van der Waals surface area contributed by atoms with Gasteiger partial charge in [-0.05, 0) is 62.0 Å². The van der Waals surface area contributed by atoms with E-state index >= 15 is 0 Å². The molecule has 0 saturated carbocycles. The van der Waals surface area contributed by atoms with E-state index in [4.69, 9.17) is 21.7 Å². The maximum Gasteiger partial charge on any atom is 0.257 e. The Bertz CT molecular complexity index is 732. The van der Waals surface area contributed by atoms with Gasteiger partial charge >= 0.3 is 0 Å². The highest BCUT2D eigenvalue weighted by atomic mass is 32.1. The molecule has 0 spiro atoms. The van der Waals surface area contributed by atoms with Crippen molar-refractivity contribution in [3.05, 3.63) is 54.1 Å². The van der Waals surface area contributed by atoms with Gasteiger partial charge in [0.25, 0.3) is 5.91 Å². The summed E-state index contributed by atoms with van der Waals surface area (Å²) in [6, 6.07) is 14.3. The fourth-order valence-corrected chi connectivity index (χ4v) is 2.25. The number of rotatable bonds is 6. The number of amides is 1. The second kappa shape index (κ2) is 9.03. The molecule has 132 valence electrons. The molecule has 5 nitrogen and oxygen atoms in total. The number of anilines is 1. The molecule has 1 unspecified atom stereocenters. The summed E-state index contributed by atoms with van der Waals surface area (Å²) in [6.07, 6.45) is 1.06. The zero-order valence-electron chi connectivity index (χ0n) is 14.5. The molecule has 2 rings (SSSR count). The van der Waals surface area contributed by atoms with Crippen LogP contribution in [-0.4, -0.2) is 24.2 Å². The minimum atomic E-state index is -0.285. The van der Waals surface area contributed by atoms with Crippen LogP contribution in [0.3, 0.4) is 0 Å². The van der Waals surface area contributed by atoms with E-state index in [2.05, 4.69) is 17.6 Å². The standard InChI is InChI=1S/C19H22N2O3S/c1-4-13(2)24-17-7-5-6-15(12-17)20-19(25)21-18(22)14-8-10-16(23-3)11-9-14/h5-13H,4H2,1-3H3,(H2,20,21,22,25). The number of hydrogen-bond acceptors (Lipinski definition) is 4. The summed E-state index contributed by atoms with van der Waals surface area (Å²) in [5.74, 6) is 1.16. The van der Waals surface area contributed by atoms with Gasteiger partial charge in [0.1, 0.15) is 11.5 Å². The number of carbonyl (C=O) groups excluding carboxylic acids is 1. The maximum atomic E-state index is 12.2. The molecule has 0 fully saturated rings. The van der Waals surface area contributed by atoms with Gasteiger partial charge in [0.15, 0.2) is 5.11 Å². The predicted molar refractivity (Wildman–Crippen MR) is 104 cm³/mol. The molecular weight excluding hydrogens is 336 g/mol. The van der Waals surface area contributed by atoms with Gasteiger partial charge in [0, 0.05) is 17.3 Å². The molecule has 0 aliphatic carbocycles. The number of nitrogens with one attached hydrogen (secondary N) is 2. The van der Waals surface area contributed by atoms with Crippen molar-refractivity contribution in [1.82, 2.24) is 5.32 Å². The van der Waals surface area contributed by atoms with Crippen LogP contribution in [0.15, 0.2) is 48.5 Å². The topological polar surface area (TPSA) is 59.6 Å². The summed E-state index contributed by atoms with van der Waals surface area (Å²) < 4.78 is 10.8. The van der Waals surface area contributed by atoms with Crippen molar-refractivity contribution >= 4 is 28.9 Å². The van der Waals surface area contributed by atoms with E-state index in [1.54, 1.807) is 31.4 Å². The molecule has 0 aromatic heterocycles. The van der Waals surface area contributed by atoms with Crippen LogP contribution in [0.25, 0.3) is 0 Å². The molecule has 2 aromatic carbocycles. The first-order chi connectivity index (χ1) is 12.0. The molecule has 0 aliphatic rings. The molecule has 1 atom stereocenters. The Labute approximate surface area is 153 Å². The molecule has 0 saturated heterocycles. The Balaban J connectivity index is 1.95. The van der Waals surface area contributed by atoms with Crippen LogP contribution in [0.2, 0.25) is 0 Å². The van der Waals surface area contributed by atoms with Gasteiger partial charge in [-0.25, -0.2) is 0 Å². The van der Waals surface area contributed by atoms with Gasteiger partial charge < -0.3 is 14.8 Å². The molecule has 2 aromatic rings. The lowest BCUT2D eigenvalue weighted by molar-refractivity contribution is 0.0977. The van der Waals surface area contributed by atoms with E-state index in [9.17, 15) is 4.79 Å². The molecule has 0 heterocycles. The highest BCUT2D eigenvalue weighted by Crippen LogP contribution is 2.19. The average Bonchev–Trinajstić information content (AvgIpc) is 2.61. The smallest absolute Gasteiger partial charge is 0.257 e. The molecule has 1 amide bonds. The lowest BCUT2D eigenvalue weighted by Gasteiger charge is -2.14. The Morgan fingerprint density at radius 2 is 1.88 bits per heavy atom. The zero-order valence-corrected chi connectivity index (χ0v) is 15.4. The van der Waals surface area contributed by atoms with Crippen molar-refractivity contribution in [2.75, 3.05) is 12.4 Å². The average molecular weight is 358 g/mol. The van der Waals surface area contributed by atoms with Gasteiger partial charge in [-0.2, -0.15) is 0 Å². The fourth-order valence-electron chi connectivity index (χ4n) is 2.04. The molecule has 0 radical (unpaired) electrons. The molecule has 6 heteroatoms. The highest BCUT2D eigenvalue weighted by molar-refractivity contribution is 7.80. The molecule has 2 N–H and O–H groups in total. The van der Waals surface area contributed by atoms with Gasteiger partial charge in [-0.15, -0.1) is 0 Å². The van der Waals surface area contributed by atoms with Gasteiger partial charge in [-0.3, -0.25) is 10.1 Å². The zero-order chi connectivity index (χ0) is 18.2. The Hall–Kier alpha value is -2.60. The van der Waals surface area contributed by atoms with Crippen LogP contribution in [-0.2, 0) is 0 Å². The lowest BCUT2D eigenvalue weighted by Crippen LogP contribution is -2.34. The minimum Gasteiger partial charge on any atom is -0.497 e. The van der Waals surface area contributed by atoms with Crippen molar-refractivity contribution in [2.24, 2.45) is 0 Å². The Morgan fingerprint density at radius 3 is 2.52 bits per heavy atom. The molecule has 0 bridgehead atoms. The van der Waals surface area contributed by atoms with E-state index in [0.717, 1.165) is 17.9 Å². The number of ether oxygens (including phenoxy) is 2. The van der Waals surface area contributed by atoms with Crippen molar-refractivity contribution in [3.8, 4) is 11.5 Å². The maximum absolute atomic E-state index is 12.2. The van der Waals surface area contributed by atoms with E-state index < -0.39 is 0 Å². The fraction of sp³-hybridized carbons (Fsp3) is 0.263. The van der Waals surface area contributed by atoms with Gasteiger partial charge in [0.2, 0.25) is 0 Å². The SMILES string of the molecule is CCC(C)Oc1cccc(NC(=S)NC(=O)c2ccc(OC)cc2)c1. The summed E-state index contributed by atoms with van der Waals surface area (Å²) in [7, 11) is 1.58. The summed E-state index contributed by atoms with van der Waals surface area (Å²) >= 11 is 5.21. The van der Waals surface area contributed by atoms with Crippen LogP contribution in [0.4, 0.5) is 5.69 Å². The monoisotopic (exact) mass is 358 g/mol.